The normalized spacial score (nSPS) is 12.1. The van der Waals surface area contributed by atoms with E-state index in [1.807, 2.05) is 19.1 Å². The second-order valence-electron chi connectivity index (χ2n) is 4.70. The molecule has 1 heterocycles. The lowest BCUT2D eigenvalue weighted by Gasteiger charge is -2.15. The van der Waals surface area contributed by atoms with Gasteiger partial charge in [-0.2, -0.15) is 0 Å². The highest BCUT2D eigenvalue weighted by Crippen LogP contribution is 2.34. The van der Waals surface area contributed by atoms with Crippen LogP contribution in [0, 0.1) is 10.1 Å². The lowest BCUT2D eigenvalue weighted by molar-refractivity contribution is -0.384. The number of nitro groups is 1. The zero-order chi connectivity index (χ0) is 15.4. The van der Waals surface area contributed by atoms with E-state index in [4.69, 9.17) is 27.6 Å². The van der Waals surface area contributed by atoms with Crippen molar-refractivity contribution >= 4 is 34.6 Å². The Balaban J connectivity index is 2.07. The van der Waals surface area contributed by atoms with E-state index in [-0.39, 0.29) is 21.8 Å². The highest BCUT2D eigenvalue weighted by molar-refractivity contribution is 6.42. The largest absolute Gasteiger partial charge is 0.469 e. The van der Waals surface area contributed by atoms with Crippen molar-refractivity contribution in [3.05, 3.63) is 56.4 Å². The first kappa shape index (κ1) is 15.7. The fraction of sp³-hybridized carbons (Fsp3) is 0.286. The van der Waals surface area contributed by atoms with Crippen LogP contribution in [0.1, 0.15) is 19.1 Å². The molecule has 0 fully saturated rings. The number of furan rings is 1. The van der Waals surface area contributed by atoms with Crippen LogP contribution in [0.15, 0.2) is 34.9 Å². The molecule has 112 valence electrons. The third kappa shape index (κ3) is 4.12. The number of anilines is 1. The Bertz CT molecular complexity index is 629. The number of aryl methyl sites for hydroxylation is 1. The fourth-order valence-corrected chi connectivity index (χ4v) is 2.28. The number of nitrogens with zero attached hydrogens (tertiary/aromatic N) is 1. The maximum atomic E-state index is 11.1. The van der Waals surface area contributed by atoms with Gasteiger partial charge in [0.25, 0.3) is 5.69 Å². The Labute approximate surface area is 132 Å². The van der Waals surface area contributed by atoms with Crippen molar-refractivity contribution in [1.82, 2.24) is 0 Å². The molecule has 0 saturated carbocycles. The van der Waals surface area contributed by atoms with E-state index in [1.165, 1.54) is 12.1 Å². The summed E-state index contributed by atoms with van der Waals surface area (Å²) >= 11 is 11.7. The number of benzene rings is 1. The Morgan fingerprint density at radius 3 is 2.71 bits per heavy atom. The number of halogens is 2. The standard InChI is InChI=1S/C14H14Cl2N2O3/c1-9(4-5-10-3-2-6-21-10)17-13-7-11(15)12(16)8-14(13)18(19)20/h2-3,6-9,17H,4-5H2,1H3. The maximum Gasteiger partial charge on any atom is 0.293 e. The van der Waals surface area contributed by atoms with E-state index in [1.54, 1.807) is 6.26 Å². The molecule has 1 unspecified atom stereocenters. The molecule has 2 aromatic rings. The van der Waals surface area contributed by atoms with E-state index in [0.29, 0.717) is 5.69 Å². The SMILES string of the molecule is CC(CCc1ccco1)Nc1cc(Cl)c(Cl)cc1[N+](=O)[O-]. The van der Waals surface area contributed by atoms with E-state index < -0.39 is 4.92 Å². The molecular formula is C14H14Cl2N2O3. The van der Waals surface area contributed by atoms with Crippen LogP contribution in [0.25, 0.3) is 0 Å². The van der Waals surface area contributed by atoms with Crippen LogP contribution in [-0.2, 0) is 6.42 Å². The van der Waals surface area contributed by atoms with Gasteiger partial charge in [0.1, 0.15) is 11.4 Å². The molecule has 0 aliphatic rings. The summed E-state index contributed by atoms with van der Waals surface area (Å²) in [6, 6.07) is 6.48. The molecular weight excluding hydrogens is 315 g/mol. The molecule has 5 nitrogen and oxygen atoms in total. The van der Waals surface area contributed by atoms with Crippen LogP contribution in [0.4, 0.5) is 11.4 Å². The van der Waals surface area contributed by atoms with Gasteiger partial charge in [-0.05, 0) is 31.5 Å². The van der Waals surface area contributed by atoms with Crippen molar-refractivity contribution in [2.45, 2.75) is 25.8 Å². The highest BCUT2D eigenvalue weighted by Gasteiger charge is 2.18. The second kappa shape index (κ2) is 6.83. The minimum atomic E-state index is -0.482. The molecule has 1 aromatic carbocycles. The van der Waals surface area contributed by atoms with Crippen LogP contribution < -0.4 is 5.32 Å². The van der Waals surface area contributed by atoms with Crippen molar-refractivity contribution in [1.29, 1.82) is 0 Å². The summed E-state index contributed by atoms with van der Waals surface area (Å²) in [6.45, 7) is 1.94. The molecule has 0 saturated heterocycles. The van der Waals surface area contributed by atoms with Gasteiger partial charge in [-0.3, -0.25) is 10.1 Å². The summed E-state index contributed by atoms with van der Waals surface area (Å²) in [4.78, 5) is 10.6. The summed E-state index contributed by atoms with van der Waals surface area (Å²) in [5.41, 5.74) is 0.274. The third-order valence-electron chi connectivity index (χ3n) is 3.04. The Morgan fingerprint density at radius 2 is 2.10 bits per heavy atom. The van der Waals surface area contributed by atoms with E-state index in [2.05, 4.69) is 5.32 Å². The number of rotatable bonds is 6. The lowest BCUT2D eigenvalue weighted by Crippen LogP contribution is -2.16. The first-order valence-electron chi connectivity index (χ1n) is 6.39. The molecule has 2 rings (SSSR count). The molecule has 0 spiro atoms. The van der Waals surface area contributed by atoms with Crippen molar-refractivity contribution in [3.8, 4) is 0 Å². The number of hydrogen-bond donors (Lipinski definition) is 1. The minimum absolute atomic E-state index is 0.0195. The molecule has 0 amide bonds. The van der Waals surface area contributed by atoms with Crippen LogP contribution in [0.3, 0.4) is 0 Å². The molecule has 21 heavy (non-hydrogen) atoms. The van der Waals surface area contributed by atoms with Gasteiger partial charge in [0.2, 0.25) is 0 Å². The predicted molar refractivity (Wildman–Crippen MR) is 83.2 cm³/mol. The van der Waals surface area contributed by atoms with Crippen molar-refractivity contribution < 1.29 is 9.34 Å². The van der Waals surface area contributed by atoms with Gasteiger partial charge in [0.05, 0.1) is 21.2 Å². The Hall–Kier alpha value is -1.72. The monoisotopic (exact) mass is 328 g/mol. The van der Waals surface area contributed by atoms with Gasteiger partial charge in [-0.1, -0.05) is 23.2 Å². The van der Waals surface area contributed by atoms with Gasteiger partial charge in [-0.25, -0.2) is 0 Å². The minimum Gasteiger partial charge on any atom is -0.469 e. The molecule has 7 heteroatoms. The molecule has 1 N–H and O–H groups in total. The predicted octanol–water partition coefficient (Wildman–Crippen LogP) is 4.93. The zero-order valence-electron chi connectivity index (χ0n) is 11.3. The number of nitro benzene ring substituents is 1. The molecule has 0 radical (unpaired) electrons. The van der Waals surface area contributed by atoms with Gasteiger partial charge in [0.15, 0.2) is 0 Å². The average Bonchev–Trinajstić information content (AvgIpc) is 2.93. The molecule has 0 aliphatic heterocycles. The van der Waals surface area contributed by atoms with Gasteiger partial charge >= 0.3 is 0 Å². The van der Waals surface area contributed by atoms with Crippen LogP contribution in [0.5, 0.6) is 0 Å². The zero-order valence-corrected chi connectivity index (χ0v) is 12.8. The molecule has 1 aromatic heterocycles. The van der Waals surface area contributed by atoms with Crippen LogP contribution in [-0.4, -0.2) is 11.0 Å². The fourth-order valence-electron chi connectivity index (χ4n) is 1.95. The first-order chi connectivity index (χ1) is 9.97. The summed E-state index contributed by atoms with van der Waals surface area (Å²) in [7, 11) is 0. The van der Waals surface area contributed by atoms with Crippen molar-refractivity contribution in [3.63, 3.8) is 0 Å². The lowest BCUT2D eigenvalue weighted by atomic mass is 10.1. The van der Waals surface area contributed by atoms with Crippen molar-refractivity contribution in [2.75, 3.05) is 5.32 Å². The molecule has 0 bridgehead atoms. The Morgan fingerprint density at radius 1 is 1.38 bits per heavy atom. The summed E-state index contributed by atoms with van der Waals surface area (Å²) < 4.78 is 5.26. The number of hydrogen-bond acceptors (Lipinski definition) is 4. The van der Waals surface area contributed by atoms with Gasteiger partial charge < -0.3 is 9.73 Å². The second-order valence-corrected chi connectivity index (χ2v) is 5.52. The third-order valence-corrected chi connectivity index (χ3v) is 3.76. The Kier molecular flexibility index (Phi) is 5.09. The summed E-state index contributed by atoms with van der Waals surface area (Å²) in [5.74, 6) is 0.882. The average molecular weight is 329 g/mol. The van der Waals surface area contributed by atoms with Crippen LogP contribution in [0.2, 0.25) is 10.0 Å². The van der Waals surface area contributed by atoms with Gasteiger partial charge in [0, 0.05) is 18.5 Å². The van der Waals surface area contributed by atoms with E-state index in [0.717, 1.165) is 18.6 Å². The topological polar surface area (TPSA) is 68.3 Å². The molecule has 0 aliphatic carbocycles. The number of nitrogens with one attached hydrogen (secondary N) is 1. The van der Waals surface area contributed by atoms with E-state index in [9.17, 15) is 10.1 Å². The highest BCUT2D eigenvalue weighted by atomic mass is 35.5. The van der Waals surface area contributed by atoms with Crippen molar-refractivity contribution in [2.24, 2.45) is 0 Å². The quantitative estimate of drug-likeness (QED) is 0.603. The maximum absolute atomic E-state index is 11.1. The molecule has 1 atom stereocenters. The first-order valence-corrected chi connectivity index (χ1v) is 7.15. The van der Waals surface area contributed by atoms with Crippen LogP contribution >= 0.6 is 23.2 Å². The summed E-state index contributed by atoms with van der Waals surface area (Å²) in [6.07, 6.45) is 3.14. The van der Waals surface area contributed by atoms with Gasteiger partial charge in [-0.15, -0.1) is 0 Å². The smallest absolute Gasteiger partial charge is 0.293 e. The van der Waals surface area contributed by atoms with E-state index >= 15 is 0 Å². The summed E-state index contributed by atoms with van der Waals surface area (Å²) in [5, 5.41) is 14.6.